The van der Waals surface area contributed by atoms with Crippen molar-refractivity contribution >= 4 is 23.5 Å². The molecule has 1 rings (SSSR count). The van der Waals surface area contributed by atoms with Crippen LogP contribution in [0.5, 0.6) is 0 Å². The highest BCUT2D eigenvalue weighted by Gasteiger charge is 2.20. The molecule has 1 fully saturated rings. The van der Waals surface area contributed by atoms with Crippen LogP contribution in [0.4, 0.5) is 0 Å². The van der Waals surface area contributed by atoms with Crippen LogP contribution in [0.1, 0.15) is 0 Å². The molecular weight excluding hydrogens is 136 g/mol. The molecule has 1 unspecified atom stereocenters. The van der Waals surface area contributed by atoms with Crippen LogP contribution in [0.3, 0.4) is 0 Å². The van der Waals surface area contributed by atoms with Gasteiger partial charge in [-0.05, 0) is 0 Å². The highest BCUT2D eigenvalue weighted by molar-refractivity contribution is 8.09. The van der Waals surface area contributed by atoms with Crippen LogP contribution in [0.15, 0.2) is 17.7 Å². The molecule has 0 nitrogen and oxygen atoms in total. The van der Waals surface area contributed by atoms with Crippen LogP contribution in [0.25, 0.3) is 0 Å². The van der Waals surface area contributed by atoms with Gasteiger partial charge in [0.05, 0.1) is 0 Å². The van der Waals surface area contributed by atoms with Gasteiger partial charge in [0.1, 0.15) is 0 Å². The van der Waals surface area contributed by atoms with Crippen molar-refractivity contribution in [2.45, 2.75) is 5.25 Å². The molecule has 44 valence electrons. The van der Waals surface area contributed by atoms with Crippen molar-refractivity contribution < 1.29 is 0 Å². The monoisotopic (exact) mass is 144 g/mol. The van der Waals surface area contributed by atoms with E-state index in [9.17, 15) is 0 Å². The molecule has 0 aromatic rings. The zero-order chi connectivity index (χ0) is 5.82. The van der Waals surface area contributed by atoms with Crippen LogP contribution in [0, 0.1) is 0 Å². The molecule has 1 aliphatic heterocycles. The first-order valence-electron chi connectivity index (χ1n) is 2.51. The minimum Gasteiger partial charge on any atom is -0.156 e. The Hall–Kier alpha value is 0.220. The molecule has 0 N–H and O–H groups in total. The van der Waals surface area contributed by atoms with Crippen molar-refractivity contribution in [3.8, 4) is 0 Å². The lowest BCUT2D eigenvalue weighted by atomic mass is 10.6. The highest BCUT2D eigenvalue weighted by Crippen LogP contribution is 2.32. The summed E-state index contributed by atoms with van der Waals surface area (Å²) in [4.78, 5) is 0. The second-order valence-corrected chi connectivity index (χ2v) is 3.85. The average Bonchev–Trinajstić information content (AvgIpc) is 2.51. The standard InChI is InChI=1S/C6H8S2/c1-2-3-7-4-6-5-8-6/h3,6H,1,4-5H2. The molecule has 0 aliphatic carbocycles. The van der Waals surface area contributed by atoms with Gasteiger partial charge in [0.25, 0.3) is 0 Å². The predicted molar refractivity (Wildman–Crippen MR) is 42.4 cm³/mol. The molecule has 0 amide bonds. The zero-order valence-corrected chi connectivity index (χ0v) is 6.23. The van der Waals surface area contributed by atoms with Gasteiger partial charge in [-0.15, -0.1) is 17.5 Å². The average molecular weight is 144 g/mol. The van der Waals surface area contributed by atoms with Gasteiger partial charge in [0.15, 0.2) is 0 Å². The Morgan fingerprint density at radius 1 is 2.00 bits per heavy atom. The van der Waals surface area contributed by atoms with E-state index in [-0.39, 0.29) is 0 Å². The SMILES string of the molecule is C=C=CSCC1CS1. The first-order valence-corrected chi connectivity index (χ1v) is 4.60. The van der Waals surface area contributed by atoms with Crippen molar-refractivity contribution in [1.29, 1.82) is 0 Å². The van der Waals surface area contributed by atoms with E-state index in [0.29, 0.717) is 0 Å². The van der Waals surface area contributed by atoms with Gasteiger partial charge < -0.3 is 0 Å². The molecule has 0 spiro atoms. The molecule has 0 bridgehead atoms. The van der Waals surface area contributed by atoms with Crippen LogP contribution in [-0.4, -0.2) is 16.8 Å². The molecule has 2 heteroatoms. The number of hydrogen-bond donors (Lipinski definition) is 0. The van der Waals surface area contributed by atoms with Crippen molar-refractivity contribution in [1.82, 2.24) is 0 Å². The lowest BCUT2D eigenvalue weighted by molar-refractivity contribution is 1.27. The minimum absolute atomic E-state index is 0.935. The molecule has 0 radical (unpaired) electrons. The van der Waals surface area contributed by atoms with E-state index < -0.39 is 0 Å². The summed E-state index contributed by atoms with van der Waals surface area (Å²) in [6, 6.07) is 0. The third-order valence-electron chi connectivity index (χ3n) is 0.851. The van der Waals surface area contributed by atoms with E-state index in [4.69, 9.17) is 0 Å². The zero-order valence-electron chi connectivity index (χ0n) is 4.59. The number of rotatable bonds is 3. The Kier molecular flexibility index (Phi) is 2.60. The van der Waals surface area contributed by atoms with Crippen molar-refractivity contribution in [3.63, 3.8) is 0 Å². The molecule has 0 aromatic heterocycles. The van der Waals surface area contributed by atoms with E-state index in [0.717, 1.165) is 5.25 Å². The van der Waals surface area contributed by atoms with Gasteiger partial charge in [0, 0.05) is 22.2 Å². The molecule has 0 saturated carbocycles. The van der Waals surface area contributed by atoms with Crippen LogP contribution in [0.2, 0.25) is 0 Å². The maximum atomic E-state index is 3.47. The Morgan fingerprint density at radius 2 is 2.75 bits per heavy atom. The molecule has 1 aliphatic rings. The third kappa shape index (κ3) is 2.51. The largest absolute Gasteiger partial charge is 0.156 e. The Morgan fingerprint density at radius 3 is 3.25 bits per heavy atom. The van der Waals surface area contributed by atoms with Gasteiger partial charge in [-0.3, -0.25) is 0 Å². The lowest BCUT2D eigenvalue weighted by Gasteiger charge is -1.83. The van der Waals surface area contributed by atoms with Crippen molar-refractivity contribution in [2.24, 2.45) is 0 Å². The molecule has 1 heterocycles. The van der Waals surface area contributed by atoms with Crippen LogP contribution in [-0.2, 0) is 0 Å². The molecule has 1 saturated heterocycles. The second kappa shape index (κ2) is 3.29. The van der Waals surface area contributed by atoms with Gasteiger partial charge in [-0.1, -0.05) is 6.58 Å². The maximum Gasteiger partial charge on any atom is 0.0232 e. The summed E-state index contributed by atoms with van der Waals surface area (Å²) in [6.07, 6.45) is 0. The molecule has 1 atom stereocenters. The summed E-state index contributed by atoms with van der Waals surface area (Å²) in [5, 5.41) is 2.86. The number of thioether (sulfide) groups is 2. The fraction of sp³-hybridized carbons (Fsp3) is 0.500. The normalized spacial score (nSPS) is 24.2. The summed E-state index contributed by atoms with van der Waals surface area (Å²) in [7, 11) is 0. The van der Waals surface area contributed by atoms with E-state index in [1.165, 1.54) is 11.5 Å². The van der Waals surface area contributed by atoms with Gasteiger partial charge in [-0.2, -0.15) is 11.8 Å². The first-order chi connectivity index (χ1) is 3.93. The predicted octanol–water partition coefficient (Wildman–Crippen LogP) is 2.13. The fourth-order valence-corrected chi connectivity index (χ4v) is 1.95. The summed E-state index contributed by atoms with van der Waals surface area (Å²) in [6.45, 7) is 3.47. The molecular formula is C6H8S2. The summed E-state index contributed by atoms with van der Waals surface area (Å²) >= 11 is 3.83. The van der Waals surface area contributed by atoms with E-state index >= 15 is 0 Å². The van der Waals surface area contributed by atoms with E-state index in [1.807, 2.05) is 17.2 Å². The maximum absolute atomic E-state index is 3.47. The van der Waals surface area contributed by atoms with Crippen LogP contribution >= 0.6 is 23.5 Å². The molecule has 0 aromatic carbocycles. The summed E-state index contributed by atoms with van der Waals surface area (Å²) in [5.74, 6) is 2.60. The lowest BCUT2D eigenvalue weighted by Crippen LogP contribution is -1.82. The Bertz CT molecular complexity index is 110. The van der Waals surface area contributed by atoms with Gasteiger partial charge in [0.2, 0.25) is 0 Å². The Labute approximate surface area is 58.4 Å². The van der Waals surface area contributed by atoms with E-state index in [1.54, 1.807) is 11.8 Å². The van der Waals surface area contributed by atoms with Crippen molar-refractivity contribution in [3.05, 3.63) is 17.7 Å². The summed E-state index contributed by atoms with van der Waals surface area (Å²) < 4.78 is 0. The third-order valence-corrected chi connectivity index (χ3v) is 2.96. The quantitative estimate of drug-likeness (QED) is 0.439. The van der Waals surface area contributed by atoms with Crippen molar-refractivity contribution in [2.75, 3.05) is 11.5 Å². The fourth-order valence-electron chi connectivity index (χ4n) is 0.379. The Balaban J connectivity index is 1.95. The smallest absolute Gasteiger partial charge is 0.0232 e. The van der Waals surface area contributed by atoms with Crippen LogP contribution < -0.4 is 0 Å². The second-order valence-electron chi connectivity index (χ2n) is 1.61. The topological polar surface area (TPSA) is 0 Å². The molecule has 8 heavy (non-hydrogen) atoms. The first kappa shape index (κ1) is 6.34. The minimum atomic E-state index is 0.935. The highest BCUT2D eigenvalue weighted by atomic mass is 32.2. The van der Waals surface area contributed by atoms with E-state index in [2.05, 4.69) is 12.3 Å². The van der Waals surface area contributed by atoms with Gasteiger partial charge in [-0.25, -0.2) is 0 Å². The summed E-state index contributed by atoms with van der Waals surface area (Å²) in [5.41, 5.74) is 2.73. The van der Waals surface area contributed by atoms with Gasteiger partial charge >= 0.3 is 0 Å². The number of hydrogen-bond acceptors (Lipinski definition) is 2.